The molecule has 0 bridgehead atoms. The van der Waals surface area contributed by atoms with E-state index in [2.05, 4.69) is 10.3 Å². The van der Waals surface area contributed by atoms with E-state index in [1.165, 1.54) is 0 Å². The lowest BCUT2D eigenvalue weighted by Crippen LogP contribution is -1.97. The molecule has 84 valence electrons. The van der Waals surface area contributed by atoms with Crippen LogP contribution in [0.25, 0.3) is 5.52 Å². The van der Waals surface area contributed by atoms with E-state index >= 15 is 0 Å². The van der Waals surface area contributed by atoms with Crippen molar-refractivity contribution in [1.82, 2.24) is 9.38 Å². The van der Waals surface area contributed by atoms with Crippen LogP contribution in [0.3, 0.4) is 0 Å². The summed E-state index contributed by atoms with van der Waals surface area (Å²) >= 11 is 0. The SMILES string of the molecule is CCc1nc(C(=O)O)c2ccc(NC)cn12. The molecular formula is C11H13N3O2. The van der Waals surface area contributed by atoms with Crippen molar-refractivity contribution in [3.05, 3.63) is 29.8 Å². The summed E-state index contributed by atoms with van der Waals surface area (Å²) in [7, 11) is 1.82. The number of carbonyl (C=O) groups is 1. The number of fused-ring (bicyclic) bond motifs is 1. The minimum Gasteiger partial charge on any atom is -0.476 e. The van der Waals surface area contributed by atoms with E-state index in [1.54, 1.807) is 6.07 Å². The molecule has 0 saturated heterocycles. The zero-order chi connectivity index (χ0) is 11.7. The van der Waals surface area contributed by atoms with Gasteiger partial charge in [-0.3, -0.25) is 0 Å². The van der Waals surface area contributed by atoms with Gasteiger partial charge in [-0.2, -0.15) is 0 Å². The minimum atomic E-state index is -0.991. The van der Waals surface area contributed by atoms with Gasteiger partial charge in [-0.25, -0.2) is 9.78 Å². The second-order valence-electron chi connectivity index (χ2n) is 3.46. The van der Waals surface area contributed by atoms with E-state index in [1.807, 2.05) is 30.6 Å². The molecule has 0 radical (unpaired) electrons. The van der Waals surface area contributed by atoms with Crippen LogP contribution in [0, 0.1) is 0 Å². The molecule has 2 heterocycles. The molecule has 2 N–H and O–H groups in total. The highest BCUT2D eigenvalue weighted by molar-refractivity contribution is 5.93. The third kappa shape index (κ3) is 1.50. The topological polar surface area (TPSA) is 66.6 Å². The first-order valence-electron chi connectivity index (χ1n) is 5.09. The molecule has 0 aliphatic rings. The summed E-state index contributed by atoms with van der Waals surface area (Å²) in [4.78, 5) is 15.1. The Kier molecular flexibility index (Phi) is 2.52. The molecule has 2 aromatic heterocycles. The molecule has 5 nitrogen and oxygen atoms in total. The molecule has 2 aromatic rings. The number of nitrogens with zero attached hydrogens (tertiary/aromatic N) is 2. The molecule has 16 heavy (non-hydrogen) atoms. The van der Waals surface area contributed by atoms with Crippen molar-refractivity contribution in [2.75, 3.05) is 12.4 Å². The van der Waals surface area contributed by atoms with Crippen molar-refractivity contribution in [1.29, 1.82) is 0 Å². The van der Waals surface area contributed by atoms with Crippen LogP contribution in [-0.2, 0) is 6.42 Å². The standard InChI is InChI=1S/C11H13N3O2/c1-3-9-13-10(11(15)16)8-5-4-7(12-2)6-14(8)9/h4-6,12H,3H2,1-2H3,(H,15,16). The van der Waals surface area contributed by atoms with Crippen molar-refractivity contribution in [3.8, 4) is 0 Å². The number of imidazole rings is 1. The number of hydrogen-bond donors (Lipinski definition) is 2. The molecular weight excluding hydrogens is 206 g/mol. The van der Waals surface area contributed by atoms with Gasteiger partial charge in [0.15, 0.2) is 5.69 Å². The van der Waals surface area contributed by atoms with Crippen molar-refractivity contribution in [2.45, 2.75) is 13.3 Å². The summed E-state index contributed by atoms with van der Waals surface area (Å²) in [5, 5.41) is 12.0. The lowest BCUT2D eigenvalue weighted by Gasteiger charge is -2.02. The van der Waals surface area contributed by atoms with Crippen molar-refractivity contribution in [2.24, 2.45) is 0 Å². The summed E-state index contributed by atoms with van der Waals surface area (Å²) in [6, 6.07) is 3.60. The molecule has 0 aliphatic carbocycles. The quantitative estimate of drug-likeness (QED) is 0.823. The third-order valence-electron chi connectivity index (χ3n) is 2.52. The number of carboxylic acids is 1. The van der Waals surface area contributed by atoms with E-state index in [0.29, 0.717) is 11.9 Å². The first kappa shape index (κ1) is 10.5. The number of aryl methyl sites for hydroxylation is 1. The smallest absolute Gasteiger partial charge is 0.356 e. The molecule has 0 saturated carbocycles. The van der Waals surface area contributed by atoms with Gasteiger partial charge >= 0.3 is 5.97 Å². The fourth-order valence-corrected chi connectivity index (χ4v) is 1.70. The number of aromatic nitrogens is 2. The Balaban J connectivity index is 2.74. The Hall–Kier alpha value is -2.04. The van der Waals surface area contributed by atoms with Crippen LogP contribution in [0.5, 0.6) is 0 Å². The summed E-state index contributed by atoms with van der Waals surface area (Å²) in [6.45, 7) is 1.95. The maximum Gasteiger partial charge on any atom is 0.356 e. The molecule has 0 aromatic carbocycles. The Labute approximate surface area is 92.7 Å². The van der Waals surface area contributed by atoms with Gasteiger partial charge in [-0.1, -0.05) is 6.92 Å². The van der Waals surface area contributed by atoms with Crippen LogP contribution >= 0.6 is 0 Å². The van der Waals surface area contributed by atoms with Crippen molar-refractivity contribution in [3.63, 3.8) is 0 Å². The Morgan fingerprint density at radius 2 is 2.31 bits per heavy atom. The summed E-state index contributed by atoms with van der Waals surface area (Å²) in [5.41, 5.74) is 1.67. The Bertz CT molecular complexity index is 545. The van der Waals surface area contributed by atoms with Crippen molar-refractivity contribution >= 4 is 17.2 Å². The van der Waals surface area contributed by atoms with Crippen LogP contribution < -0.4 is 5.32 Å². The second kappa shape index (κ2) is 3.84. The molecule has 5 heteroatoms. The summed E-state index contributed by atoms with van der Waals surface area (Å²) < 4.78 is 1.81. The lowest BCUT2D eigenvalue weighted by molar-refractivity contribution is 0.0693. The number of nitrogens with one attached hydrogen (secondary N) is 1. The van der Waals surface area contributed by atoms with Gasteiger partial charge in [0.05, 0.1) is 11.2 Å². The van der Waals surface area contributed by atoms with Crippen LogP contribution in [-0.4, -0.2) is 27.5 Å². The maximum atomic E-state index is 11.0. The highest BCUT2D eigenvalue weighted by Gasteiger charge is 2.15. The van der Waals surface area contributed by atoms with Gasteiger partial charge in [0.1, 0.15) is 5.82 Å². The normalized spacial score (nSPS) is 10.6. The Morgan fingerprint density at radius 1 is 1.56 bits per heavy atom. The predicted molar refractivity (Wildman–Crippen MR) is 61.1 cm³/mol. The first-order valence-corrected chi connectivity index (χ1v) is 5.09. The predicted octanol–water partition coefficient (Wildman–Crippen LogP) is 1.64. The molecule has 0 unspecified atom stereocenters. The zero-order valence-corrected chi connectivity index (χ0v) is 9.19. The number of rotatable bonds is 3. The average molecular weight is 219 g/mol. The van der Waals surface area contributed by atoms with E-state index in [9.17, 15) is 4.79 Å². The van der Waals surface area contributed by atoms with E-state index in [-0.39, 0.29) is 5.69 Å². The number of carboxylic acid groups (broad SMARTS) is 1. The molecule has 0 fully saturated rings. The third-order valence-corrected chi connectivity index (χ3v) is 2.52. The number of aromatic carboxylic acids is 1. The largest absolute Gasteiger partial charge is 0.476 e. The molecule has 2 rings (SSSR count). The molecule has 0 spiro atoms. The highest BCUT2D eigenvalue weighted by atomic mass is 16.4. The minimum absolute atomic E-state index is 0.111. The van der Waals surface area contributed by atoms with Gasteiger partial charge in [-0.05, 0) is 12.1 Å². The highest BCUT2D eigenvalue weighted by Crippen LogP contribution is 2.17. The van der Waals surface area contributed by atoms with Crippen molar-refractivity contribution < 1.29 is 9.90 Å². The zero-order valence-electron chi connectivity index (χ0n) is 9.19. The number of hydrogen-bond acceptors (Lipinski definition) is 3. The summed E-state index contributed by atoms with van der Waals surface area (Å²) in [6.07, 6.45) is 2.55. The van der Waals surface area contributed by atoms with Crippen LogP contribution in [0.15, 0.2) is 18.3 Å². The van der Waals surface area contributed by atoms with Crippen LogP contribution in [0.4, 0.5) is 5.69 Å². The van der Waals surface area contributed by atoms with Crippen LogP contribution in [0.2, 0.25) is 0 Å². The number of pyridine rings is 1. The fraction of sp³-hybridized carbons (Fsp3) is 0.273. The average Bonchev–Trinajstić information content (AvgIpc) is 2.66. The van der Waals surface area contributed by atoms with Gasteiger partial charge < -0.3 is 14.8 Å². The van der Waals surface area contributed by atoms with Gasteiger partial charge in [0, 0.05) is 19.7 Å². The van der Waals surface area contributed by atoms with Gasteiger partial charge in [-0.15, -0.1) is 0 Å². The monoisotopic (exact) mass is 219 g/mol. The molecule has 0 atom stereocenters. The second-order valence-corrected chi connectivity index (χ2v) is 3.46. The molecule has 0 aliphatic heterocycles. The first-order chi connectivity index (χ1) is 7.67. The number of anilines is 1. The van der Waals surface area contributed by atoms with E-state index in [0.717, 1.165) is 11.5 Å². The van der Waals surface area contributed by atoms with Crippen LogP contribution in [0.1, 0.15) is 23.2 Å². The summed E-state index contributed by atoms with van der Waals surface area (Å²) in [5.74, 6) is -0.237. The lowest BCUT2D eigenvalue weighted by atomic mass is 10.3. The Morgan fingerprint density at radius 3 is 2.88 bits per heavy atom. The van der Waals surface area contributed by atoms with E-state index in [4.69, 9.17) is 5.11 Å². The van der Waals surface area contributed by atoms with Gasteiger partial charge in [0.2, 0.25) is 0 Å². The molecule has 0 amide bonds. The van der Waals surface area contributed by atoms with E-state index < -0.39 is 5.97 Å². The fourth-order valence-electron chi connectivity index (χ4n) is 1.70. The van der Waals surface area contributed by atoms with Gasteiger partial charge in [0.25, 0.3) is 0 Å². The maximum absolute atomic E-state index is 11.0.